The van der Waals surface area contributed by atoms with Crippen LogP contribution in [0.5, 0.6) is 0 Å². The molecule has 8 nitrogen and oxygen atoms in total. The van der Waals surface area contributed by atoms with Gasteiger partial charge in [-0.15, -0.1) is 0 Å². The predicted octanol–water partition coefficient (Wildman–Crippen LogP) is 4.53. The number of halogens is 1. The van der Waals surface area contributed by atoms with E-state index in [2.05, 4.69) is 21.2 Å². The molecule has 2 aliphatic rings. The summed E-state index contributed by atoms with van der Waals surface area (Å²) in [5.74, 6) is 0.0629. The van der Waals surface area contributed by atoms with E-state index in [9.17, 15) is 18.0 Å². The van der Waals surface area contributed by atoms with Crippen LogP contribution in [-0.2, 0) is 19.6 Å². The van der Waals surface area contributed by atoms with E-state index in [1.807, 2.05) is 19.9 Å². The molecule has 1 atom stereocenters. The zero-order valence-electron chi connectivity index (χ0n) is 21.3. The quantitative estimate of drug-likeness (QED) is 0.494. The number of nitrogens with zero attached hydrogens (tertiary/aromatic N) is 2. The van der Waals surface area contributed by atoms with Crippen molar-refractivity contribution in [3.8, 4) is 0 Å². The SMILES string of the molecule is CC(C)C[C@@H](NC(=O)OC(C)(C)C)C(=O)N1CCC(N(C2CC2)S(=O)(=O)c2cccc(Br)c2)CC1. The van der Waals surface area contributed by atoms with E-state index >= 15 is 0 Å². The summed E-state index contributed by atoms with van der Waals surface area (Å²) in [6, 6.07) is 6.01. The molecule has 0 unspecified atom stereocenters. The fourth-order valence-corrected chi connectivity index (χ4v) is 7.00. The highest BCUT2D eigenvalue weighted by molar-refractivity contribution is 9.10. The summed E-state index contributed by atoms with van der Waals surface area (Å²) in [5, 5.41) is 2.75. The van der Waals surface area contributed by atoms with E-state index in [0.29, 0.717) is 32.4 Å². The van der Waals surface area contributed by atoms with E-state index in [4.69, 9.17) is 4.74 Å². The summed E-state index contributed by atoms with van der Waals surface area (Å²) in [7, 11) is -3.64. The molecule has 1 aromatic rings. The number of piperidine rings is 1. The number of sulfonamides is 1. The van der Waals surface area contributed by atoms with Crippen molar-refractivity contribution in [2.75, 3.05) is 13.1 Å². The molecule has 3 rings (SSSR count). The lowest BCUT2D eigenvalue weighted by atomic mass is 10.00. The molecule has 35 heavy (non-hydrogen) atoms. The molecule has 0 radical (unpaired) electrons. The van der Waals surface area contributed by atoms with Crippen LogP contribution < -0.4 is 5.32 Å². The zero-order valence-corrected chi connectivity index (χ0v) is 23.7. The topological polar surface area (TPSA) is 96.0 Å². The smallest absolute Gasteiger partial charge is 0.408 e. The summed E-state index contributed by atoms with van der Waals surface area (Å²) >= 11 is 3.37. The Hall–Kier alpha value is -1.65. The summed E-state index contributed by atoms with van der Waals surface area (Å²) in [5.41, 5.74) is -0.653. The third kappa shape index (κ3) is 7.67. The van der Waals surface area contributed by atoms with E-state index in [0.717, 1.165) is 17.3 Å². The molecule has 1 aromatic carbocycles. The number of hydrogen-bond donors (Lipinski definition) is 1. The first kappa shape index (κ1) is 27.9. The lowest BCUT2D eigenvalue weighted by molar-refractivity contribution is -0.135. The molecular formula is C25H38BrN3O5S. The van der Waals surface area contributed by atoms with Gasteiger partial charge in [0.2, 0.25) is 15.9 Å². The standard InChI is InChI=1S/C25H38BrN3O5S/c1-17(2)15-22(27-24(31)34-25(3,4)5)23(30)28-13-11-20(12-14-28)29(19-9-10-19)35(32,33)21-8-6-7-18(26)16-21/h6-8,16-17,19-20,22H,9-15H2,1-5H3,(H,27,31)/t22-/m1/s1. The molecule has 196 valence electrons. The van der Waals surface area contributed by atoms with Crippen molar-refractivity contribution in [2.45, 2.75) is 95.3 Å². The van der Waals surface area contributed by atoms with E-state index in [1.54, 1.807) is 48.2 Å². The molecule has 10 heteroatoms. The van der Waals surface area contributed by atoms with Crippen LogP contribution in [0.1, 0.15) is 66.7 Å². The minimum atomic E-state index is -3.64. The number of carbonyl (C=O) groups excluding carboxylic acids is 2. The zero-order chi connectivity index (χ0) is 26.0. The third-order valence-corrected chi connectivity index (χ3v) is 8.60. The van der Waals surface area contributed by atoms with Gasteiger partial charge in [-0.05, 0) is 77.0 Å². The Kier molecular flexibility index (Phi) is 8.91. The molecule has 2 fully saturated rings. The van der Waals surface area contributed by atoms with Crippen LogP contribution in [0.4, 0.5) is 4.79 Å². The highest BCUT2D eigenvalue weighted by atomic mass is 79.9. The van der Waals surface area contributed by atoms with Gasteiger partial charge in [0, 0.05) is 29.6 Å². The number of rotatable bonds is 8. The van der Waals surface area contributed by atoms with Gasteiger partial charge in [-0.2, -0.15) is 4.31 Å². The predicted molar refractivity (Wildman–Crippen MR) is 138 cm³/mol. The van der Waals surface area contributed by atoms with Crippen LogP contribution in [0.3, 0.4) is 0 Å². The number of likely N-dealkylation sites (tertiary alicyclic amines) is 1. The minimum Gasteiger partial charge on any atom is -0.444 e. The number of nitrogens with one attached hydrogen (secondary N) is 1. The molecule has 1 saturated carbocycles. The van der Waals surface area contributed by atoms with Crippen molar-refractivity contribution in [3.63, 3.8) is 0 Å². The lowest BCUT2D eigenvalue weighted by Crippen LogP contribution is -2.54. The van der Waals surface area contributed by atoms with Gasteiger partial charge in [-0.1, -0.05) is 35.8 Å². The van der Waals surface area contributed by atoms with Gasteiger partial charge in [0.15, 0.2) is 0 Å². The normalized spacial score (nSPS) is 18.6. The second kappa shape index (κ2) is 11.2. The molecule has 1 aliphatic carbocycles. The van der Waals surface area contributed by atoms with Crippen LogP contribution in [-0.4, -0.2) is 66.4 Å². The van der Waals surface area contributed by atoms with E-state index < -0.39 is 27.8 Å². The average Bonchev–Trinajstić information content (AvgIpc) is 3.56. The maximum absolute atomic E-state index is 13.5. The first-order valence-electron chi connectivity index (χ1n) is 12.4. The van der Waals surface area contributed by atoms with Crippen molar-refractivity contribution in [2.24, 2.45) is 5.92 Å². The molecule has 0 bridgehead atoms. The minimum absolute atomic E-state index is 0.0220. The fraction of sp³-hybridized carbons (Fsp3) is 0.680. The van der Waals surface area contributed by atoms with Crippen LogP contribution in [0.15, 0.2) is 33.6 Å². The molecule has 1 N–H and O–H groups in total. The Morgan fingerprint density at radius 2 is 1.74 bits per heavy atom. The van der Waals surface area contributed by atoms with Gasteiger partial charge in [-0.3, -0.25) is 4.79 Å². The van der Waals surface area contributed by atoms with Crippen LogP contribution >= 0.6 is 15.9 Å². The molecule has 1 aliphatic heterocycles. The van der Waals surface area contributed by atoms with Gasteiger partial charge < -0.3 is 15.0 Å². The molecule has 0 aromatic heterocycles. The van der Waals surface area contributed by atoms with Gasteiger partial charge in [-0.25, -0.2) is 13.2 Å². The first-order valence-corrected chi connectivity index (χ1v) is 14.6. The Labute approximate surface area is 217 Å². The number of amides is 2. The largest absolute Gasteiger partial charge is 0.444 e. The number of hydrogen-bond acceptors (Lipinski definition) is 5. The van der Waals surface area contributed by atoms with Crippen molar-refractivity contribution < 1.29 is 22.7 Å². The Morgan fingerprint density at radius 1 is 1.14 bits per heavy atom. The number of benzene rings is 1. The Morgan fingerprint density at radius 3 is 2.26 bits per heavy atom. The lowest BCUT2D eigenvalue weighted by Gasteiger charge is -2.39. The van der Waals surface area contributed by atoms with Crippen molar-refractivity contribution >= 4 is 38.0 Å². The van der Waals surface area contributed by atoms with E-state index in [-0.39, 0.29) is 28.8 Å². The molecule has 1 saturated heterocycles. The van der Waals surface area contributed by atoms with Crippen LogP contribution in [0, 0.1) is 5.92 Å². The summed E-state index contributed by atoms with van der Waals surface area (Å²) < 4.78 is 34.8. The molecule has 0 spiro atoms. The maximum Gasteiger partial charge on any atom is 0.408 e. The number of carbonyl (C=O) groups is 2. The highest BCUT2D eigenvalue weighted by Gasteiger charge is 2.44. The van der Waals surface area contributed by atoms with Crippen LogP contribution in [0.2, 0.25) is 0 Å². The van der Waals surface area contributed by atoms with Gasteiger partial charge in [0.1, 0.15) is 11.6 Å². The molecular weight excluding hydrogens is 534 g/mol. The van der Waals surface area contributed by atoms with Crippen molar-refractivity contribution in [3.05, 3.63) is 28.7 Å². The van der Waals surface area contributed by atoms with E-state index in [1.165, 1.54) is 0 Å². The molecule has 2 amide bonds. The fourth-order valence-electron chi connectivity index (χ4n) is 4.47. The van der Waals surface area contributed by atoms with Gasteiger partial charge in [0.05, 0.1) is 4.90 Å². The number of alkyl carbamates (subject to hydrolysis) is 1. The third-order valence-electron chi connectivity index (χ3n) is 6.11. The first-order chi connectivity index (χ1) is 16.3. The van der Waals surface area contributed by atoms with Crippen molar-refractivity contribution in [1.29, 1.82) is 0 Å². The number of ether oxygens (including phenoxy) is 1. The Bertz CT molecular complexity index is 1010. The van der Waals surface area contributed by atoms with Gasteiger partial charge in [0.25, 0.3) is 0 Å². The monoisotopic (exact) mass is 571 g/mol. The molecule has 1 heterocycles. The highest BCUT2D eigenvalue weighted by Crippen LogP contribution is 2.37. The van der Waals surface area contributed by atoms with Crippen molar-refractivity contribution in [1.82, 2.24) is 14.5 Å². The summed E-state index contributed by atoms with van der Waals surface area (Å²) in [6.45, 7) is 10.3. The Balaban J connectivity index is 1.68. The maximum atomic E-state index is 13.5. The van der Waals surface area contributed by atoms with Crippen LogP contribution in [0.25, 0.3) is 0 Å². The average molecular weight is 573 g/mol. The summed E-state index contributed by atoms with van der Waals surface area (Å²) in [4.78, 5) is 27.7. The van der Waals surface area contributed by atoms with Gasteiger partial charge >= 0.3 is 6.09 Å². The second-order valence-electron chi connectivity index (χ2n) is 10.9. The second-order valence-corrected chi connectivity index (χ2v) is 13.7. The summed E-state index contributed by atoms with van der Waals surface area (Å²) in [6.07, 6.45) is 2.76.